The van der Waals surface area contributed by atoms with Crippen molar-refractivity contribution >= 4 is 29.1 Å². The molecule has 1 heterocycles. The number of rotatable bonds is 7. The SMILES string of the molecule is COc1ccc(/C(O)=C2/C(=O)C(=O)N(CCCN(C)C)C2c2ccc(Cl)cc2)cc1C. The molecule has 1 aliphatic heterocycles. The maximum Gasteiger partial charge on any atom is 0.295 e. The number of hydrogen-bond donors (Lipinski definition) is 1. The van der Waals surface area contributed by atoms with Gasteiger partial charge < -0.3 is 19.6 Å². The molecule has 1 fully saturated rings. The topological polar surface area (TPSA) is 70.1 Å². The van der Waals surface area contributed by atoms with Crippen LogP contribution >= 0.6 is 11.6 Å². The van der Waals surface area contributed by atoms with Crippen LogP contribution in [0.25, 0.3) is 5.76 Å². The highest BCUT2D eigenvalue weighted by atomic mass is 35.5. The summed E-state index contributed by atoms with van der Waals surface area (Å²) in [5, 5.41) is 11.7. The lowest BCUT2D eigenvalue weighted by Crippen LogP contribution is -2.32. The number of Topliss-reactive ketones (excluding diaryl/α,β-unsaturated/α-hetero) is 1. The van der Waals surface area contributed by atoms with Gasteiger partial charge in [-0.2, -0.15) is 0 Å². The van der Waals surface area contributed by atoms with Crippen molar-refractivity contribution in [1.82, 2.24) is 9.80 Å². The standard InChI is InChI=1S/C24H27ClN2O4/c1-15-14-17(8-11-19(15)31-4)22(28)20-21(16-6-9-18(25)10-7-16)27(24(30)23(20)29)13-5-12-26(2)3/h6-11,14,21,28H,5,12-13H2,1-4H3/b22-20-. The Kier molecular flexibility index (Phi) is 7.03. The number of methoxy groups -OCH3 is 1. The van der Waals surface area contributed by atoms with Crippen LogP contribution in [0.15, 0.2) is 48.0 Å². The van der Waals surface area contributed by atoms with Crippen LogP contribution in [-0.2, 0) is 9.59 Å². The molecule has 0 spiro atoms. The van der Waals surface area contributed by atoms with Crippen LogP contribution in [0.2, 0.25) is 5.02 Å². The van der Waals surface area contributed by atoms with E-state index in [1.807, 2.05) is 25.9 Å². The van der Waals surface area contributed by atoms with E-state index in [2.05, 4.69) is 0 Å². The lowest BCUT2D eigenvalue weighted by molar-refractivity contribution is -0.139. The van der Waals surface area contributed by atoms with Crippen molar-refractivity contribution in [2.45, 2.75) is 19.4 Å². The molecule has 1 unspecified atom stereocenters. The zero-order chi connectivity index (χ0) is 22.7. The smallest absolute Gasteiger partial charge is 0.295 e. The highest BCUT2D eigenvalue weighted by Gasteiger charge is 2.45. The van der Waals surface area contributed by atoms with Gasteiger partial charge in [-0.05, 0) is 75.4 Å². The molecule has 1 atom stereocenters. The third kappa shape index (κ3) is 4.75. The fourth-order valence-electron chi connectivity index (χ4n) is 3.84. The van der Waals surface area contributed by atoms with Crippen molar-refractivity contribution in [2.75, 3.05) is 34.3 Å². The Morgan fingerprint density at radius 3 is 2.42 bits per heavy atom. The molecule has 2 aromatic carbocycles. The third-order valence-electron chi connectivity index (χ3n) is 5.40. The monoisotopic (exact) mass is 442 g/mol. The van der Waals surface area contributed by atoms with E-state index in [1.165, 1.54) is 4.90 Å². The zero-order valence-corrected chi connectivity index (χ0v) is 18.9. The Balaban J connectivity index is 2.10. The van der Waals surface area contributed by atoms with E-state index < -0.39 is 17.7 Å². The second-order valence-corrected chi connectivity index (χ2v) is 8.32. The Bertz CT molecular complexity index is 1010. The van der Waals surface area contributed by atoms with Gasteiger partial charge in [-0.25, -0.2) is 0 Å². The first-order valence-electron chi connectivity index (χ1n) is 10.1. The van der Waals surface area contributed by atoms with Gasteiger partial charge in [0.25, 0.3) is 11.7 Å². The first-order valence-corrected chi connectivity index (χ1v) is 10.5. The summed E-state index contributed by atoms with van der Waals surface area (Å²) in [5.41, 5.74) is 2.08. The third-order valence-corrected chi connectivity index (χ3v) is 5.65. The number of aryl methyl sites for hydroxylation is 1. The molecule has 1 aliphatic rings. The largest absolute Gasteiger partial charge is 0.507 e. The van der Waals surface area contributed by atoms with Crippen LogP contribution in [0.5, 0.6) is 5.75 Å². The number of carbonyl (C=O) groups is 2. The summed E-state index contributed by atoms with van der Waals surface area (Å²) in [6.45, 7) is 3.02. The Labute approximate surface area is 187 Å². The number of nitrogens with zero attached hydrogens (tertiary/aromatic N) is 2. The number of ketones is 1. The van der Waals surface area contributed by atoms with E-state index >= 15 is 0 Å². The summed E-state index contributed by atoms with van der Waals surface area (Å²) >= 11 is 6.05. The van der Waals surface area contributed by atoms with Crippen molar-refractivity contribution in [1.29, 1.82) is 0 Å². The van der Waals surface area contributed by atoms with Gasteiger partial charge in [0.05, 0.1) is 18.7 Å². The van der Waals surface area contributed by atoms with E-state index in [0.717, 1.165) is 17.7 Å². The van der Waals surface area contributed by atoms with Crippen LogP contribution in [0.4, 0.5) is 0 Å². The lowest BCUT2D eigenvalue weighted by atomic mass is 9.94. The summed E-state index contributed by atoms with van der Waals surface area (Å²) in [4.78, 5) is 29.5. The molecule has 6 nitrogen and oxygen atoms in total. The van der Waals surface area contributed by atoms with Crippen molar-refractivity contribution in [3.8, 4) is 5.75 Å². The van der Waals surface area contributed by atoms with Crippen molar-refractivity contribution in [3.63, 3.8) is 0 Å². The van der Waals surface area contributed by atoms with Crippen LogP contribution in [-0.4, -0.2) is 60.9 Å². The second-order valence-electron chi connectivity index (χ2n) is 7.89. The minimum absolute atomic E-state index is 0.0849. The average Bonchev–Trinajstić information content (AvgIpc) is 2.98. The van der Waals surface area contributed by atoms with E-state index in [4.69, 9.17) is 16.3 Å². The second kappa shape index (κ2) is 9.54. The molecular weight excluding hydrogens is 416 g/mol. The van der Waals surface area contributed by atoms with Crippen LogP contribution in [0.3, 0.4) is 0 Å². The number of carbonyl (C=O) groups excluding carboxylic acids is 2. The molecule has 0 bridgehead atoms. The number of amides is 1. The number of benzene rings is 2. The number of aliphatic hydroxyl groups is 1. The molecule has 0 aromatic heterocycles. The number of likely N-dealkylation sites (tertiary alicyclic amines) is 1. The van der Waals surface area contributed by atoms with Gasteiger partial charge in [0, 0.05) is 17.1 Å². The summed E-state index contributed by atoms with van der Waals surface area (Å²) in [5.74, 6) is -0.810. The summed E-state index contributed by atoms with van der Waals surface area (Å²) in [6, 6.07) is 11.5. The maximum atomic E-state index is 13.0. The fraction of sp³-hybridized carbons (Fsp3) is 0.333. The van der Waals surface area contributed by atoms with Crippen LogP contribution < -0.4 is 4.74 Å². The highest BCUT2D eigenvalue weighted by Crippen LogP contribution is 2.40. The first-order chi connectivity index (χ1) is 14.7. The molecule has 3 rings (SSSR count). The molecule has 0 saturated carbocycles. The predicted molar refractivity (Wildman–Crippen MR) is 121 cm³/mol. The van der Waals surface area contributed by atoms with E-state index in [1.54, 1.807) is 49.6 Å². The van der Waals surface area contributed by atoms with Gasteiger partial charge in [-0.3, -0.25) is 9.59 Å². The zero-order valence-electron chi connectivity index (χ0n) is 18.2. The van der Waals surface area contributed by atoms with Gasteiger partial charge in [0.1, 0.15) is 11.5 Å². The van der Waals surface area contributed by atoms with Gasteiger partial charge in [-0.1, -0.05) is 23.7 Å². The molecule has 2 aromatic rings. The summed E-state index contributed by atoms with van der Waals surface area (Å²) in [7, 11) is 5.48. The molecule has 31 heavy (non-hydrogen) atoms. The fourth-order valence-corrected chi connectivity index (χ4v) is 3.97. The number of ether oxygens (including phenoxy) is 1. The molecular formula is C24H27ClN2O4. The van der Waals surface area contributed by atoms with Gasteiger partial charge in [-0.15, -0.1) is 0 Å². The van der Waals surface area contributed by atoms with Gasteiger partial charge in [0.2, 0.25) is 0 Å². The van der Waals surface area contributed by atoms with E-state index in [9.17, 15) is 14.7 Å². The summed E-state index contributed by atoms with van der Waals surface area (Å²) < 4.78 is 5.28. The normalized spacial score (nSPS) is 18.1. The number of aliphatic hydroxyl groups excluding tert-OH is 1. The van der Waals surface area contributed by atoms with E-state index in [0.29, 0.717) is 29.3 Å². The molecule has 0 radical (unpaired) electrons. The molecule has 1 saturated heterocycles. The molecule has 1 N–H and O–H groups in total. The predicted octanol–water partition coefficient (Wildman–Crippen LogP) is 4.03. The van der Waals surface area contributed by atoms with Crippen molar-refractivity contribution in [3.05, 3.63) is 69.8 Å². The molecule has 0 aliphatic carbocycles. The Morgan fingerprint density at radius 2 is 1.84 bits per heavy atom. The van der Waals surface area contributed by atoms with Gasteiger partial charge >= 0.3 is 0 Å². The Hall–Kier alpha value is -2.83. The average molecular weight is 443 g/mol. The van der Waals surface area contributed by atoms with Crippen LogP contribution in [0.1, 0.15) is 29.2 Å². The number of halogens is 1. The van der Waals surface area contributed by atoms with E-state index in [-0.39, 0.29) is 11.3 Å². The Morgan fingerprint density at radius 1 is 1.16 bits per heavy atom. The van der Waals surface area contributed by atoms with Crippen LogP contribution in [0, 0.1) is 6.92 Å². The molecule has 1 amide bonds. The minimum atomic E-state index is -0.684. The number of hydrogen-bond acceptors (Lipinski definition) is 5. The first kappa shape index (κ1) is 22.8. The van der Waals surface area contributed by atoms with Gasteiger partial charge in [0.15, 0.2) is 0 Å². The lowest BCUT2D eigenvalue weighted by Gasteiger charge is -2.26. The highest BCUT2D eigenvalue weighted by molar-refractivity contribution is 6.46. The maximum absolute atomic E-state index is 13.0. The van der Waals surface area contributed by atoms with Crippen molar-refractivity contribution in [2.24, 2.45) is 0 Å². The molecule has 7 heteroatoms. The minimum Gasteiger partial charge on any atom is -0.507 e. The van der Waals surface area contributed by atoms with Crippen molar-refractivity contribution < 1.29 is 19.4 Å². The quantitative estimate of drug-likeness (QED) is 0.398. The molecule has 164 valence electrons. The summed E-state index contributed by atoms with van der Waals surface area (Å²) in [6.07, 6.45) is 0.700.